The summed E-state index contributed by atoms with van der Waals surface area (Å²) in [5.74, 6) is 0.692. The maximum absolute atomic E-state index is 5.47. The maximum Gasteiger partial charge on any atom is 0.161 e. The van der Waals surface area contributed by atoms with Crippen LogP contribution in [0.3, 0.4) is 0 Å². The Bertz CT molecular complexity index is 3490. The van der Waals surface area contributed by atoms with E-state index in [0.717, 1.165) is 71.8 Å². The van der Waals surface area contributed by atoms with E-state index in [-0.39, 0.29) is 0 Å². The first-order chi connectivity index (χ1) is 28.7. The van der Waals surface area contributed by atoms with Gasteiger partial charge in [-0.2, -0.15) is 0 Å². The minimum absolute atomic E-state index is 0.692. The molecule has 0 bridgehead atoms. The molecule has 12 rings (SSSR count). The number of benzene rings is 10. The molecule has 3 nitrogen and oxygen atoms in total. The van der Waals surface area contributed by atoms with Crippen molar-refractivity contribution in [3.05, 3.63) is 200 Å². The van der Waals surface area contributed by atoms with Crippen LogP contribution in [0.15, 0.2) is 200 Å². The number of hydrogen-bond donors (Lipinski definition) is 0. The molecule has 0 saturated carbocycles. The topological polar surface area (TPSA) is 38.7 Å². The third-order valence-electron chi connectivity index (χ3n) is 11.8. The van der Waals surface area contributed by atoms with E-state index < -0.39 is 0 Å². The number of nitrogens with zero attached hydrogens (tertiary/aromatic N) is 3. The van der Waals surface area contributed by atoms with Gasteiger partial charge in [-0.15, -0.1) is 0 Å². The van der Waals surface area contributed by atoms with Gasteiger partial charge >= 0.3 is 0 Å². The maximum atomic E-state index is 5.47. The number of aromatic nitrogens is 3. The summed E-state index contributed by atoms with van der Waals surface area (Å²) < 4.78 is 0. The summed E-state index contributed by atoms with van der Waals surface area (Å²) in [5.41, 5.74) is 7.79. The Morgan fingerprint density at radius 3 is 1.53 bits per heavy atom. The van der Waals surface area contributed by atoms with Gasteiger partial charge in [-0.25, -0.2) is 15.0 Å². The number of hydrogen-bond acceptors (Lipinski definition) is 3. The fourth-order valence-electron chi connectivity index (χ4n) is 9.13. The number of pyridine rings is 1. The Morgan fingerprint density at radius 2 is 0.810 bits per heavy atom. The van der Waals surface area contributed by atoms with E-state index >= 15 is 0 Å². The summed E-state index contributed by atoms with van der Waals surface area (Å²) in [4.78, 5) is 16.3. The van der Waals surface area contributed by atoms with Gasteiger partial charge in [-0.1, -0.05) is 170 Å². The average Bonchev–Trinajstić information content (AvgIpc) is 3.30. The average molecular weight is 736 g/mol. The largest absolute Gasteiger partial charge is 0.247 e. The lowest BCUT2D eigenvalue weighted by molar-refractivity contribution is 1.19. The van der Waals surface area contributed by atoms with Gasteiger partial charge in [0.15, 0.2) is 5.82 Å². The molecular weight excluding hydrogens is 703 g/mol. The molecule has 0 saturated heterocycles. The molecule has 3 heteroatoms. The van der Waals surface area contributed by atoms with E-state index in [1.807, 2.05) is 0 Å². The van der Waals surface area contributed by atoms with Crippen molar-refractivity contribution >= 4 is 75.5 Å². The molecule has 0 N–H and O–H groups in total. The number of rotatable bonds is 4. The van der Waals surface area contributed by atoms with Gasteiger partial charge in [0.1, 0.15) is 0 Å². The highest BCUT2D eigenvalue weighted by Gasteiger charge is 2.19. The Hall–Kier alpha value is -7.75. The molecule has 0 atom stereocenters. The zero-order valence-corrected chi connectivity index (χ0v) is 31.4. The first kappa shape index (κ1) is 32.5. The van der Waals surface area contributed by atoms with Crippen LogP contribution in [0.25, 0.3) is 121 Å². The fraction of sp³-hybridized carbons (Fsp3) is 0. The van der Waals surface area contributed by atoms with Gasteiger partial charge in [0.05, 0.1) is 22.6 Å². The Kier molecular flexibility index (Phi) is 7.23. The van der Waals surface area contributed by atoms with Crippen LogP contribution in [-0.4, -0.2) is 15.0 Å². The summed E-state index contributed by atoms with van der Waals surface area (Å²) >= 11 is 0. The molecule has 2 aromatic heterocycles. The van der Waals surface area contributed by atoms with Crippen LogP contribution < -0.4 is 0 Å². The summed E-state index contributed by atoms with van der Waals surface area (Å²) in [6.45, 7) is 0. The van der Waals surface area contributed by atoms with Crippen molar-refractivity contribution < 1.29 is 0 Å². The SMILES string of the molecule is c1cc(-c2cc(-c3cc4ccccc4c4ccccc34)nc(-c3cc4ccccc4c4ccccc34)n2)cc(-c2nc3ccccc3c3c2ccc2ccccc23)c1. The Labute approximate surface area is 334 Å². The molecule has 0 aliphatic rings. The summed E-state index contributed by atoms with van der Waals surface area (Å²) in [6, 6.07) is 71.5. The molecule has 0 aliphatic heterocycles. The molecule has 12 aromatic rings. The molecule has 0 spiro atoms. The minimum atomic E-state index is 0.692. The predicted molar refractivity (Wildman–Crippen MR) is 244 cm³/mol. The second-order valence-electron chi connectivity index (χ2n) is 15.1. The quantitative estimate of drug-likeness (QED) is 0.169. The van der Waals surface area contributed by atoms with E-state index in [1.165, 1.54) is 43.1 Å². The summed E-state index contributed by atoms with van der Waals surface area (Å²) in [7, 11) is 0. The molecule has 268 valence electrons. The van der Waals surface area contributed by atoms with E-state index in [4.69, 9.17) is 15.0 Å². The van der Waals surface area contributed by atoms with Gasteiger partial charge in [-0.05, 0) is 84.2 Å². The van der Waals surface area contributed by atoms with Crippen molar-refractivity contribution in [3.8, 4) is 45.2 Å². The van der Waals surface area contributed by atoms with E-state index in [1.54, 1.807) is 0 Å². The lowest BCUT2D eigenvalue weighted by Gasteiger charge is -2.16. The minimum Gasteiger partial charge on any atom is -0.247 e. The molecule has 2 heterocycles. The van der Waals surface area contributed by atoms with Gasteiger partial charge in [-0.3, -0.25) is 0 Å². The van der Waals surface area contributed by atoms with Crippen LogP contribution in [-0.2, 0) is 0 Å². The molecule has 0 aliphatic carbocycles. The second-order valence-corrected chi connectivity index (χ2v) is 15.1. The van der Waals surface area contributed by atoms with Crippen LogP contribution in [0.4, 0.5) is 0 Å². The van der Waals surface area contributed by atoms with Crippen LogP contribution in [0.5, 0.6) is 0 Å². The third kappa shape index (κ3) is 5.11. The number of para-hydroxylation sites is 1. The Balaban J connectivity index is 1.13. The molecule has 0 unspecified atom stereocenters. The van der Waals surface area contributed by atoms with Gasteiger partial charge in [0, 0.05) is 38.4 Å². The highest BCUT2D eigenvalue weighted by Crippen LogP contribution is 2.41. The van der Waals surface area contributed by atoms with Crippen molar-refractivity contribution in [2.45, 2.75) is 0 Å². The van der Waals surface area contributed by atoms with Crippen LogP contribution in [0.2, 0.25) is 0 Å². The van der Waals surface area contributed by atoms with Gasteiger partial charge in [0.25, 0.3) is 0 Å². The molecule has 58 heavy (non-hydrogen) atoms. The molecule has 10 aromatic carbocycles. The summed E-state index contributed by atoms with van der Waals surface area (Å²) in [6.07, 6.45) is 0. The van der Waals surface area contributed by atoms with Crippen LogP contribution in [0.1, 0.15) is 0 Å². The van der Waals surface area contributed by atoms with Gasteiger partial charge < -0.3 is 0 Å². The lowest BCUT2D eigenvalue weighted by atomic mass is 9.93. The monoisotopic (exact) mass is 735 g/mol. The molecule has 0 radical (unpaired) electrons. The molecule has 0 amide bonds. The first-order valence-corrected chi connectivity index (χ1v) is 19.8. The van der Waals surface area contributed by atoms with Crippen molar-refractivity contribution in [3.63, 3.8) is 0 Å². The Morgan fingerprint density at radius 1 is 0.276 bits per heavy atom. The highest BCUT2D eigenvalue weighted by molar-refractivity contribution is 6.22. The van der Waals surface area contributed by atoms with Crippen molar-refractivity contribution in [1.82, 2.24) is 15.0 Å². The van der Waals surface area contributed by atoms with E-state index in [2.05, 4.69) is 200 Å². The van der Waals surface area contributed by atoms with Crippen molar-refractivity contribution in [1.29, 1.82) is 0 Å². The van der Waals surface area contributed by atoms with Gasteiger partial charge in [0.2, 0.25) is 0 Å². The molecular formula is C55H33N3. The van der Waals surface area contributed by atoms with Crippen LogP contribution >= 0.6 is 0 Å². The van der Waals surface area contributed by atoms with Crippen molar-refractivity contribution in [2.24, 2.45) is 0 Å². The van der Waals surface area contributed by atoms with Crippen LogP contribution in [0, 0.1) is 0 Å². The zero-order chi connectivity index (χ0) is 38.2. The smallest absolute Gasteiger partial charge is 0.161 e. The number of fused-ring (bicyclic) bond motifs is 11. The predicted octanol–water partition coefficient (Wildman–Crippen LogP) is 14.6. The highest BCUT2D eigenvalue weighted by atomic mass is 14.9. The molecule has 0 fully saturated rings. The fourth-order valence-corrected chi connectivity index (χ4v) is 9.13. The standard InChI is InChI=1S/C55H33N3/c1-6-21-41-34(14-1)28-29-47-53(41)46-26-11-12-27-50(46)56-54(47)38-18-13-17-37(30-38)51-33-52(48-31-35-15-2-4-19-39(35)42-22-7-9-24-44(42)48)58-55(57-51)49-32-36-16-3-5-20-40(36)43-23-8-10-25-45(43)49/h1-33H. The third-order valence-corrected chi connectivity index (χ3v) is 11.8. The summed E-state index contributed by atoms with van der Waals surface area (Å²) in [5, 5.41) is 15.4. The van der Waals surface area contributed by atoms with Crippen molar-refractivity contribution in [2.75, 3.05) is 0 Å². The first-order valence-electron chi connectivity index (χ1n) is 19.8. The second kappa shape index (κ2) is 12.9. The van der Waals surface area contributed by atoms with E-state index in [0.29, 0.717) is 5.82 Å². The van der Waals surface area contributed by atoms with E-state index in [9.17, 15) is 0 Å². The normalized spacial score (nSPS) is 11.8. The lowest BCUT2D eigenvalue weighted by Crippen LogP contribution is -1.98. The zero-order valence-electron chi connectivity index (χ0n) is 31.4.